The molecule has 1 aliphatic heterocycles. The van der Waals surface area contributed by atoms with Crippen LogP contribution in [0.3, 0.4) is 0 Å². The lowest BCUT2D eigenvalue weighted by Crippen LogP contribution is -2.51. The summed E-state index contributed by atoms with van der Waals surface area (Å²) < 4.78 is 33.5. The van der Waals surface area contributed by atoms with Crippen molar-refractivity contribution in [3.63, 3.8) is 0 Å². The van der Waals surface area contributed by atoms with E-state index < -0.39 is 11.6 Å². The lowest BCUT2D eigenvalue weighted by molar-refractivity contribution is 0.0521. The maximum Gasteiger partial charge on any atom is 0.317 e. The molecule has 3 aromatic rings. The Morgan fingerprint density at radius 3 is 2.82 bits per heavy atom. The number of pyridine rings is 1. The smallest absolute Gasteiger partial charge is 0.317 e. The maximum atomic E-state index is 14.5. The van der Waals surface area contributed by atoms with Crippen LogP contribution >= 0.6 is 0 Å². The number of carbonyl (C=O) groups is 1. The van der Waals surface area contributed by atoms with Crippen LogP contribution in [0.1, 0.15) is 25.7 Å². The number of aromatic amines is 1. The van der Waals surface area contributed by atoms with Crippen LogP contribution < -0.4 is 10.6 Å². The van der Waals surface area contributed by atoms with Gasteiger partial charge in [-0.25, -0.2) is 28.5 Å². The summed E-state index contributed by atoms with van der Waals surface area (Å²) in [5.41, 5.74) is 0.680. The number of morpholine rings is 1. The van der Waals surface area contributed by atoms with Crippen molar-refractivity contribution in [1.29, 1.82) is 0 Å². The Morgan fingerprint density at radius 1 is 1.15 bits per heavy atom. The summed E-state index contributed by atoms with van der Waals surface area (Å²) in [6, 6.07) is 1.11. The molecule has 174 valence electrons. The Morgan fingerprint density at radius 2 is 1.97 bits per heavy atom. The van der Waals surface area contributed by atoms with Gasteiger partial charge < -0.3 is 20.3 Å². The molecule has 1 saturated heterocycles. The Hall–Kier alpha value is -3.41. The highest BCUT2D eigenvalue weighted by molar-refractivity contribution is 5.88. The molecule has 3 aromatic heterocycles. The van der Waals surface area contributed by atoms with E-state index in [-0.39, 0.29) is 29.8 Å². The van der Waals surface area contributed by atoms with Crippen molar-refractivity contribution in [2.75, 3.05) is 31.6 Å². The average molecular weight is 458 g/mol. The van der Waals surface area contributed by atoms with Crippen molar-refractivity contribution in [2.24, 2.45) is 0 Å². The average Bonchev–Trinajstić information content (AvgIpc) is 3.24. The lowest BCUT2D eigenvalue weighted by Gasteiger charge is -2.33. The summed E-state index contributed by atoms with van der Waals surface area (Å²) in [4.78, 5) is 26.5. The zero-order valence-electron chi connectivity index (χ0n) is 17.9. The number of amides is 2. The number of H-pyrrole nitrogens is 1. The fraction of sp³-hybridized carbons (Fsp3) is 0.476. The zero-order chi connectivity index (χ0) is 22.8. The summed E-state index contributed by atoms with van der Waals surface area (Å²) in [5, 5.41) is 13.4. The van der Waals surface area contributed by atoms with Gasteiger partial charge in [0.05, 0.1) is 31.0 Å². The second-order valence-corrected chi connectivity index (χ2v) is 8.27. The van der Waals surface area contributed by atoms with Gasteiger partial charge in [0.2, 0.25) is 0 Å². The first-order valence-electron chi connectivity index (χ1n) is 11.0. The van der Waals surface area contributed by atoms with Crippen LogP contribution in [0.4, 0.5) is 19.4 Å². The van der Waals surface area contributed by atoms with E-state index in [4.69, 9.17) is 4.74 Å². The maximum absolute atomic E-state index is 14.5. The van der Waals surface area contributed by atoms with E-state index in [1.165, 1.54) is 6.07 Å². The van der Waals surface area contributed by atoms with Crippen molar-refractivity contribution in [1.82, 2.24) is 35.4 Å². The first-order valence-corrected chi connectivity index (χ1v) is 11.0. The van der Waals surface area contributed by atoms with Crippen LogP contribution in [0.2, 0.25) is 0 Å². The molecular weight excluding hydrogens is 434 g/mol. The van der Waals surface area contributed by atoms with Gasteiger partial charge in [0, 0.05) is 25.2 Å². The number of fused-ring (bicyclic) bond motifs is 1. The van der Waals surface area contributed by atoms with Crippen LogP contribution in [-0.4, -0.2) is 74.5 Å². The van der Waals surface area contributed by atoms with E-state index in [0.717, 1.165) is 31.7 Å². The molecular formula is C21H24F2N8O2. The minimum Gasteiger partial charge on any atom is -0.378 e. The van der Waals surface area contributed by atoms with E-state index in [1.54, 1.807) is 4.90 Å². The van der Waals surface area contributed by atoms with Crippen LogP contribution in [-0.2, 0) is 4.74 Å². The standard InChI is InChI=1S/C21H24F2N8O2/c22-12-8-15-17(29-30-18(15)24-10-12)20-25-11-16(23)19(28-20)26-13-2-1-3-14(9-13)27-21(32)31-4-6-33-7-5-31/h8,10-11,13-14H,1-7,9H2,(H,27,32)(H,24,29,30)(H,25,26,28)/t13?,14-/m1/s1. The monoisotopic (exact) mass is 458 g/mol. The zero-order valence-corrected chi connectivity index (χ0v) is 17.9. The molecule has 3 N–H and O–H groups in total. The number of anilines is 1. The molecule has 5 rings (SSSR count). The lowest BCUT2D eigenvalue weighted by atomic mass is 9.91. The predicted molar refractivity (Wildman–Crippen MR) is 115 cm³/mol. The third-order valence-electron chi connectivity index (χ3n) is 5.98. The topological polar surface area (TPSA) is 121 Å². The molecule has 4 heterocycles. The van der Waals surface area contributed by atoms with E-state index >= 15 is 0 Å². The molecule has 0 bridgehead atoms. The summed E-state index contributed by atoms with van der Waals surface area (Å²) in [6.07, 6.45) is 5.38. The summed E-state index contributed by atoms with van der Waals surface area (Å²) in [6.45, 7) is 2.26. The molecule has 0 spiro atoms. The van der Waals surface area contributed by atoms with E-state index in [2.05, 4.69) is 35.8 Å². The van der Waals surface area contributed by atoms with Crippen molar-refractivity contribution >= 4 is 22.9 Å². The van der Waals surface area contributed by atoms with Crippen LogP contribution in [0.15, 0.2) is 18.5 Å². The van der Waals surface area contributed by atoms with Gasteiger partial charge in [0.1, 0.15) is 11.5 Å². The quantitative estimate of drug-likeness (QED) is 0.549. The highest BCUT2D eigenvalue weighted by Crippen LogP contribution is 2.27. The second-order valence-electron chi connectivity index (χ2n) is 8.27. The van der Waals surface area contributed by atoms with Crippen molar-refractivity contribution < 1.29 is 18.3 Å². The molecule has 12 heteroatoms. The largest absolute Gasteiger partial charge is 0.378 e. The molecule has 2 atom stereocenters. The van der Waals surface area contributed by atoms with Gasteiger partial charge in [-0.3, -0.25) is 5.10 Å². The molecule has 2 aliphatic rings. The number of hydrogen-bond acceptors (Lipinski definition) is 7. The first-order chi connectivity index (χ1) is 16.1. The van der Waals surface area contributed by atoms with Crippen molar-refractivity contribution in [3.05, 3.63) is 30.1 Å². The molecule has 1 unspecified atom stereocenters. The van der Waals surface area contributed by atoms with Crippen molar-refractivity contribution in [2.45, 2.75) is 37.8 Å². The predicted octanol–water partition coefficient (Wildman–Crippen LogP) is 2.46. The Kier molecular flexibility index (Phi) is 5.99. The molecule has 10 nitrogen and oxygen atoms in total. The first kappa shape index (κ1) is 21.4. The number of halogens is 2. The number of nitrogens with one attached hydrogen (secondary N) is 3. The summed E-state index contributed by atoms with van der Waals surface area (Å²) >= 11 is 0. The number of urea groups is 1. The molecule has 2 fully saturated rings. The van der Waals surface area contributed by atoms with Crippen LogP contribution in [0.5, 0.6) is 0 Å². The Balaban J connectivity index is 1.28. The normalized spacial score (nSPS) is 21.2. The minimum absolute atomic E-state index is 0.0124. The Labute approximate surface area is 188 Å². The summed E-state index contributed by atoms with van der Waals surface area (Å²) in [7, 11) is 0. The van der Waals surface area contributed by atoms with E-state index in [1.807, 2.05) is 0 Å². The van der Waals surface area contributed by atoms with Crippen LogP contribution in [0.25, 0.3) is 22.6 Å². The van der Waals surface area contributed by atoms with Crippen LogP contribution in [0, 0.1) is 11.6 Å². The van der Waals surface area contributed by atoms with Gasteiger partial charge in [-0.2, -0.15) is 5.10 Å². The number of aromatic nitrogens is 5. The van der Waals surface area contributed by atoms with E-state index in [9.17, 15) is 13.6 Å². The van der Waals surface area contributed by atoms with Crippen molar-refractivity contribution in [3.8, 4) is 11.5 Å². The molecule has 1 saturated carbocycles. The number of carbonyl (C=O) groups excluding carboxylic acids is 1. The minimum atomic E-state index is -0.591. The van der Waals surface area contributed by atoms with Gasteiger partial charge in [0.25, 0.3) is 0 Å². The van der Waals surface area contributed by atoms with Gasteiger partial charge in [-0.15, -0.1) is 0 Å². The van der Waals surface area contributed by atoms with E-state index in [0.29, 0.717) is 49.5 Å². The fourth-order valence-electron chi connectivity index (χ4n) is 4.31. The van der Waals surface area contributed by atoms with Gasteiger partial charge in [0.15, 0.2) is 23.1 Å². The second kappa shape index (κ2) is 9.22. The third kappa shape index (κ3) is 4.70. The highest BCUT2D eigenvalue weighted by atomic mass is 19.1. The molecule has 33 heavy (non-hydrogen) atoms. The van der Waals surface area contributed by atoms with Gasteiger partial charge in [-0.1, -0.05) is 0 Å². The van der Waals surface area contributed by atoms with Gasteiger partial charge >= 0.3 is 6.03 Å². The molecule has 0 radical (unpaired) electrons. The molecule has 1 aliphatic carbocycles. The number of ether oxygens (including phenoxy) is 1. The highest BCUT2D eigenvalue weighted by Gasteiger charge is 2.27. The third-order valence-corrected chi connectivity index (χ3v) is 5.98. The number of hydrogen-bond donors (Lipinski definition) is 3. The molecule has 2 amide bonds. The Bertz CT molecular complexity index is 1150. The summed E-state index contributed by atoms with van der Waals surface area (Å²) in [5.74, 6) is -0.872. The number of nitrogens with zero attached hydrogens (tertiary/aromatic N) is 5. The SMILES string of the molecule is O=C(N[C@@H]1CCCC(Nc2nc(-c3[nH]nc4ncc(F)cc34)ncc2F)C1)N1CCOCC1. The fourth-order valence-corrected chi connectivity index (χ4v) is 4.31. The molecule has 0 aromatic carbocycles. The number of rotatable bonds is 4. The van der Waals surface area contributed by atoms with Gasteiger partial charge in [-0.05, 0) is 31.7 Å².